The Kier molecular flexibility index (Phi) is 4.96. The van der Waals surface area contributed by atoms with Crippen molar-refractivity contribution in [2.24, 2.45) is 13.0 Å². The molecule has 0 amide bonds. The lowest BCUT2D eigenvalue weighted by atomic mass is 9.84. The molecule has 2 unspecified atom stereocenters. The fraction of sp³-hybridized carbons (Fsp3) is 0.800. The van der Waals surface area contributed by atoms with Gasteiger partial charge in [0, 0.05) is 31.4 Å². The summed E-state index contributed by atoms with van der Waals surface area (Å²) in [7, 11) is 1.84. The van der Waals surface area contributed by atoms with Crippen LogP contribution in [0.1, 0.15) is 56.7 Å². The van der Waals surface area contributed by atoms with Gasteiger partial charge < -0.3 is 5.32 Å². The van der Waals surface area contributed by atoms with Crippen molar-refractivity contribution < 1.29 is 13.2 Å². The zero-order chi connectivity index (χ0) is 15.6. The van der Waals surface area contributed by atoms with Crippen LogP contribution < -0.4 is 5.32 Å². The van der Waals surface area contributed by atoms with Crippen LogP contribution in [0.3, 0.4) is 0 Å². The number of alkyl halides is 3. The lowest BCUT2D eigenvalue weighted by molar-refractivity contribution is -0.189. The summed E-state index contributed by atoms with van der Waals surface area (Å²) in [6, 6.07) is -0.473. The molecule has 1 aliphatic carbocycles. The van der Waals surface area contributed by atoms with E-state index < -0.39 is 18.1 Å². The van der Waals surface area contributed by atoms with Crippen molar-refractivity contribution in [2.45, 2.75) is 64.2 Å². The number of hydrogen-bond donors (Lipinski definition) is 1. The maximum absolute atomic E-state index is 13.1. The molecule has 1 aromatic heterocycles. The number of halogens is 3. The molecule has 1 aliphatic rings. The van der Waals surface area contributed by atoms with E-state index in [-0.39, 0.29) is 12.3 Å². The first kappa shape index (κ1) is 16.3. The smallest absolute Gasteiger partial charge is 0.309 e. The standard InChI is InChI=1S/C15H24F3N3/c1-10(2)14-11(9-21(3)20-14)8-19-13-7-5-4-6-12(13)15(16,17)18/h9-10,12-13,19H,4-8H2,1-3H3. The average Bonchev–Trinajstić information content (AvgIpc) is 2.77. The van der Waals surface area contributed by atoms with Gasteiger partial charge in [0.1, 0.15) is 0 Å². The fourth-order valence-electron chi connectivity index (χ4n) is 3.19. The SMILES string of the molecule is CC(C)c1nn(C)cc1CNC1CCCCC1C(F)(F)F. The van der Waals surface area contributed by atoms with Crippen molar-refractivity contribution in [3.63, 3.8) is 0 Å². The Labute approximate surface area is 123 Å². The molecule has 1 fully saturated rings. The first-order valence-electron chi connectivity index (χ1n) is 7.61. The molecular formula is C15H24F3N3. The quantitative estimate of drug-likeness (QED) is 0.918. The van der Waals surface area contributed by atoms with E-state index in [2.05, 4.69) is 10.4 Å². The third kappa shape index (κ3) is 3.99. The van der Waals surface area contributed by atoms with Crippen molar-refractivity contribution in [1.82, 2.24) is 15.1 Å². The topological polar surface area (TPSA) is 29.9 Å². The van der Waals surface area contributed by atoms with Gasteiger partial charge >= 0.3 is 6.18 Å². The van der Waals surface area contributed by atoms with E-state index >= 15 is 0 Å². The van der Waals surface area contributed by atoms with Crippen LogP contribution in [0.25, 0.3) is 0 Å². The molecule has 0 bridgehead atoms. The minimum Gasteiger partial charge on any atom is -0.309 e. The Morgan fingerprint density at radius 2 is 2.00 bits per heavy atom. The van der Waals surface area contributed by atoms with E-state index in [0.717, 1.165) is 17.7 Å². The summed E-state index contributed by atoms with van der Waals surface area (Å²) in [6.45, 7) is 4.55. The van der Waals surface area contributed by atoms with Gasteiger partial charge in [-0.05, 0) is 18.8 Å². The van der Waals surface area contributed by atoms with E-state index in [9.17, 15) is 13.2 Å². The third-order valence-corrected chi connectivity index (χ3v) is 4.23. The van der Waals surface area contributed by atoms with Gasteiger partial charge in [0.25, 0.3) is 0 Å². The van der Waals surface area contributed by atoms with E-state index in [1.807, 2.05) is 27.1 Å². The van der Waals surface area contributed by atoms with Gasteiger partial charge in [0.05, 0.1) is 11.6 Å². The van der Waals surface area contributed by atoms with Gasteiger partial charge in [-0.3, -0.25) is 4.68 Å². The largest absolute Gasteiger partial charge is 0.393 e. The van der Waals surface area contributed by atoms with Crippen LogP contribution >= 0.6 is 0 Å². The van der Waals surface area contributed by atoms with Gasteiger partial charge in [0.15, 0.2) is 0 Å². The zero-order valence-corrected chi connectivity index (χ0v) is 12.9. The van der Waals surface area contributed by atoms with Crippen LogP contribution in [0.2, 0.25) is 0 Å². The van der Waals surface area contributed by atoms with Gasteiger partial charge in [0.2, 0.25) is 0 Å². The van der Waals surface area contributed by atoms with Gasteiger partial charge in [-0.2, -0.15) is 18.3 Å². The first-order chi connectivity index (χ1) is 9.79. The highest BCUT2D eigenvalue weighted by Crippen LogP contribution is 2.37. The van der Waals surface area contributed by atoms with E-state index in [1.165, 1.54) is 0 Å². The highest BCUT2D eigenvalue weighted by atomic mass is 19.4. The highest BCUT2D eigenvalue weighted by Gasteiger charge is 2.45. The van der Waals surface area contributed by atoms with E-state index in [1.54, 1.807) is 4.68 Å². The predicted molar refractivity (Wildman–Crippen MR) is 75.9 cm³/mol. The average molecular weight is 303 g/mol. The molecule has 0 radical (unpaired) electrons. The molecule has 3 nitrogen and oxygen atoms in total. The maximum Gasteiger partial charge on any atom is 0.393 e. The van der Waals surface area contributed by atoms with Crippen molar-refractivity contribution in [1.29, 1.82) is 0 Å². The normalized spacial score (nSPS) is 23.8. The van der Waals surface area contributed by atoms with Crippen LogP contribution in [0.4, 0.5) is 13.2 Å². The van der Waals surface area contributed by atoms with Crippen LogP contribution in [-0.4, -0.2) is 22.0 Å². The van der Waals surface area contributed by atoms with E-state index in [4.69, 9.17) is 0 Å². The zero-order valence-electron chi connectivity index (χ0n) is 12.9. The third-order valence-electron chi connectivity index (χ3n) is 4.23. The first-order valence-corrected chi connectivity index (χ1v) is 7.61. The van der Waals surface area contributed by atoms with Gasteiger partial charge in [-0.1, -0.05) is 26.7 Å². The molecule has 21 heavy (non-hydrogen) atoms. The molecule has 2 atom stereocenters. The Bertz CT molecular complexity index is 465. The molecule has 6 heteroatoms. The Morgan fingerprint density at radius 1 is 1.33 bits per heavy atom. The molecule has 0 aliphatic heterocycles. The molecule has 1 heterocycles. The minimum atomic E-state index is -4.10. The Morgan fingerprint density at radius 3 is 2.62 bits per heavy atom. The second-order valence-electron chi connectivity index (χ2n) is 6.29. The van der Waals surface area contributed by atoms with Crippen LogP contribution in [0.15, 0.2) is 6.20 Å². The number of rotatable bonds is 4. The lowest BCUT2D eigenvalue weighted by Crippen LogP contribution is -2.45. The number of nitrogens with zero attached hydrogens (tertiary/aromatic N) is 2. The highest BCUT2D eigenvalue weighted by molar-refractivity contribution is 5.20. The van der Waals surface area contributed by atoms with Crippen LogP contribution in [-0.2, 0) is 13.6 Å². The maximum atomic E-state index is 13.1. The summed E-state index contributed by atoms with van der Waals surface area (Å²) in [5, 5.41) is 7.53. The Hall–Kier alpha value is -1.04. The summed E-state index contributed by atoms with van der Waals surface area (Å²) >= 11 is 0. The Balaban J connectivity index is 2.04. The van der Waals surface area contributed by atoms with Crippen LogP contribution in [0.5, 0.6) is 0 Å². The second-order valence-corrected chi connectivity index (χ2v) is 6.29. The summed E-state index contributed by atoms with van der Waals surface area (Å²) in [4.78, 5) is 0. The van der Waals surface area contributed by atoms with Gasteiger partial charge in [-0.15, -0.1) is 0 Å². The molecule has 0 spiro atoms. The van der Waals surface area contributed by atoms with Crippen molar-refractivity contribution >= 4 is 0 Å². The monoisotopic (exact) mass is 303 g/mol. The summed E-state index contributed by atoms with van der Waals surface area (Å²) < 4.78 is 40.9. The number of nitrogens with one attached hydrogen (secondary N) is 1. The molecule has 1 saturated carbocycles. The van der Waals surface area contributed by atoms with Gasteiger partial charge in [-0.25, -0.2) is 0 Å². The predicted octanol–water partition coefficient (Wildman–Crippen LogP) is 3.75. The molecule has 1 aromatic rings. The van der Waals surface area contributed by atoms with Crippen molar-refractivity contribution in [2.75, 3.05) is 0 Å². The summed E-state index contributed by atoms with van der Waals surface area (Å²) in [5.41, 5.74) is 1.96. The molecule has 2 rings (SSSR count). The second kappa shape index (κ2) is 6.38. The summed E-state index contributed by atoms with van der Waals surface area (Å²) in [5.74, 6) is -0.946. The molecule has 0 saturated heterocycles. The number of aryl methyl sites for hydroxylation is 1. The van der Waals surface area contributed by atoms with E-state index in [0.29, 0.717) is 19.4 Å². The summed E-state index contributed by atoms with van der Waals surface area (Å²) in [6.07, 6.45) is 0.176. The van der Waals surface area contributed by atoms with Crippen molar-refractivity contribution in [3.05, 3.63) is 17.5 Å². The molecule has 1 N–H and O–H groups in total. The molecule has 120 valence electrons. The van der Waals surface area contributed by atoms with Crippen LogP contribution in [0, 0.1) is 5.92 Å². The number of hydrogen-bond acceptors (Lipinski definition) is 2. The molecular weight excluding hydrogens is 279 g/mol. The van der Waals surface area contributed by atoms with Crippen molar-refractivity contribution in [3.8, 4) is 0 Å². The molecule has 0 aromatic carbocycles. The minimum absolute atomic E-state index is 0.241. The fourth-order valence-corrected chi connectivity index (χ4v) is 3.19. The number of aromatic nitrogens is 2. The lowest BCUT2D eigenvalue weighted by Gasteiger charge is -2.33.